The molecule has 24 heavy (non-hydrogen) atoms. The van der Waals surface area contributed by atoms with E-state index in [-0.39, 0.29) is 21.5 Å². The van der Waals surface area contributed by atoms with Gasteiger partial charge in [0.2, 0.25) is 0 Å². The molecule has 0 aliphatic carbocycles. The molecule has 2 aromatic rings. The Morgan fingerprint density at radius 1 is 1.08 bits per heavy atom. The molecule has 0 bridgehead atoms. The Morgan fingerprint density at radius 3 is 2.25 bits per heavy atom. The van der Waals surface area contributed by atoms with Crippen LogP contribution in [0.1, 0.15) is 28.8 Å². The van der Waals surface area contributed by atoms with Crippen molar-refractivity contribution >= 4 is 21.9 Å². The van der Waals surface area contributed by atoms with Crippen molar-refractivity contribution in [1.29, 1.82) is 0 Å². The van der Waals surface area contributed by atoms with Gasteiger partial charge in [-0.25, -0.2) is 4.79 Å². The first kappa shape index (κ1) is 16.8. The number of aromatic hydroxyl groups is 2. The zero-order valence-electron chi connectivity index (χ0n) is 13.0. The number of phenols is 2. The van der Waals surface area contributed by atoms with Gasteiger partial charge < -0.3 is 20.3 Å². The van der Waals surface area contributed by atoms with Gasteiger partial charge in [0.05, 0.1) is 5.56 Å². The molecule has 1 heterocycles. The Balaban J connectivity index is 1.92. The summed E-state index contributed by atoms with van der Waals surface area (Å²) in [5.41, 5.74) is 0.356. The Morgan fingerprint density at radius 2 is 1.67 bits per heavy atom. The topological polar surface area (TPSA) is 78.8 Å². The molecule has 3 rings (SSSR count). The summed E-state index contributed by atoms with van der Waals surface area (Å²) in [6, 6.07) is 12.2. The molecular weight excluding hydrogens is 374 g/mol. The number of carbonyl (C=O) groups excluding carboxylic acids is 1. The van der Waals surface area contributed by atoms with Crippen molar-refractivity contribution < 1.29 is 19.7 Å². The van der Waals surface area contributed by atoms with E-state index >= 15 is 0 Å². The summed E-state index contributed by atoms with van der Waals surface area (Å²) in [5, 5.41) is 22.9. The fourth-order valence-electron chi connectivity index (χ4n) is 2.97. The first-order valence-corrected chi connectivity index (χ1v) is 8.52. The van der Waals surface area contributed by atoms with E-state index in [1.54, 1.807) is 0 Å². The summed E-state index contributed by atoms with van der Waals surface area (Å²) >= 11 is 3.05. The van der Waals surface area contributed by atoms with Crippen LogP contribution < -0.4 is 5.32 Å². The quantitative estimate of drug-likeness (QED) is 0.699. The molecule has 1 saturated heterocycles. The van der Waals surface area contributed by atoms with E-state index in [0.717, 1.165) is 18.7 Å². The molecule has 2 aromatic carbocycles. The number of nitrogens with one attached hydrogen (secondary N) is 1. The van der Waals surface area contributed by atoms with Gasteiger partial charge in [-0.05, 0) is 46.7 Å². The molecule has 0 amide bonds. The Labute approximate surface area is 148 Å². The van der Waals surface area contributed by atoms with Gasteiger partial charge in [-0.15, -0.1) is 0 Å². The van der Waals surface area contributed by atoms with Crippen molar-refractivity contribution in [3.05, 3.63) is 58.1 Å². The van der Waals surface area contributed by atoms with Crippen molar-refractivity contribution in [3.63, 3.8) is 0 Å². The molecule has 0 saturated carbocycles. The third kappa shape index (κ3) is 3.25. The highest BCUT2D eigenvalue weighted by molar-refractivity contribution is 9.10. The third-order valence-electron chi connectivity index (χ3n) is 4.27. The molecule has 0 atom stereocenters. The third-order valence-corrected chi connectivity index (χ3v) is 5.08. The molecule has 1 aliphatic rings. The molecule has 3 N–H and O–H groups in total. The number of rotatable bonds is 3. The van der Waals surface area contributed by atoms with E-state index in [4.69, 9.17) is 4.74 Å². The Bertz CT molecular complexity index is 719. The van der Waals surface area contributed by atoms with E-state index in [0.29, 0.717) is 12.8 Å². The average molecular weight is 392 g/mol. The maximum atomic E-state index is 12.6. The second-order valence-electron chi connectivity index (χ2n) is 5.83. The van der Waals surface area contributed by atoms with Crippen LogP contribution in [0.25, 0.3) is 0 Å². The van der Waals surface area contributed by atoms with Crippen molar-refractivity contribution in [1.82, 2.24) is 5.32 Å². The molecule has 0 unspecified atom stereocenters. The second-order valence-corrected chi connectivity index (χ2v) is 6.62. The molecule has 0 aromatic heterocycles. The summed E-state index contributed by atoms with van der Waals surface area (Å²) in [7, 11) is 0. The lowest BCUT2D eigenvalue weighted by molar-refractivity contribution is -0.0379. The number of halogens is 1. The molecular formula is C18H18BrNO4. The van der Waals surface area contributed by atoms with Crippen LogP contribution in [0.5, 0.6) is 11.5 Å². The maximum absolute atomic E-state index is 12.6. The molecule has 1 fully saturated rings. The highest BCUT2D eigenvalue weighted by Crippen LogP contribution is 2.38. The van der Waals surface area contributed by atoms with E-state index in [1.165, 1.54) is 12.1 Å². The van der Waals surface area contributed by atoms with Crippen LogP contribution in [-0.4, -0.2) is 29.3 Å². The largest absolute Gasteiger partial charge is 0.507 e. The number of hydrogen-bond donors (Lipinski definition) is 3. The second kappa shape index (κ2) is 6.83. The summed E-state index contributed by atoms with van der Waals surface area (Å²) < 4.78 is 6.04. The van der Waals surface area contributed by atoms with Crippen molar-refractivity contribution in [3.8, 4) is 11.5 Å². The van der Waals surface area contributed by atoms with Gasteiger partial charge in [-0.2, -0.15) is 0 Å². The number of carbonyl (C=O) groups is 1. The molecule has 1 aliphatic heterocycles. The van der Waals surface area contributed by atoms with Crippen LogP contribution in [0, 0.1) is 0 Å². The molecule has 6 heteroatoms. The summed E-state index contributed by atoms with van der Waals surface area (Å²) in [6.45, 7) is 1.50. The summed E-state index contributed by atoms with van der Waals surface area (Å²) in [5.74, 6) is -0.985. The summed E-state index contributed by atoms with van der Waals surface area (Å²) in [4.78, 5) is 12.6. The molecule has 126 valence electrons. The zero-order valence-corrected chi connectivity index (χ0v) is 14.5. The minimum Gasteiger partial charge on any atom is -0.507 e. The lowest BCUT2D eigenvalue weighted by Crippen LogP contribution is -2.43. The fourth-order valence-corrected chi connectivity index (χ4v) is 3.20. The van der Waals surface area contributed by atoms with Crippen LogP contribution in [0.4, 0.5) is 0 Å². The standard InChI is InChI=1S/C18H18BrNO4/c19-16-14(21)10-12(11-15(16)22)17(23)24-18(6-8-20-9-7-18)13-4-2-1-3-5-13/h1-5,10-11,20-22H,6-9H2. The zero-order chi connectivity index (χ0) is 17.2. The van der Waals surface area contributed by atoms with Gasteiger partial charge in [0.25, 0.3) is 0 Å². The van der Waals surface area contributed by atoms with E-state index in [2.05, 4.69) is 21.2 Å². The number of hydrogen-bond acceptors (Lipinski definition) is 5. The fraction of sp³-hybridized carbons (Fsp3) is 0.278. The lowest BCUT2D eigenvalue weighted by atomic mass is 9.84. The first-order chi connectivity index (χ1) is 11.5. The van der Waals surface area contributed by atoms with Gasteiger partial charge in [0.1, 0.15) is 21.6 Å². The van der Waals surface area contributed by atoms with Gasteiger partial charge in [-0.1, -0.05) is 30.3 Å². The van der Waals surface area contributed by atoms with Gasteiger partial charge >= 0.3 is 5.97 Å². The Hall–Kier alpha value is -2.05. The van der Waals surface area contributed by atoms with Crippen molar-refractivity contribution in [2.24, 2.45) is 0 Å². The van der Waals surface area contributed by atoms with Gasteiger partial charge in [0.15, 0.2) is 0 Å². The van der Waals surface area contributed by atoms with Crippen LogP contribution in [0.2, 0.25) is 0 Å². The van der Waals surface area contributed by atoms with Crippen molar-refractivity contribution in [2.45, 2.75) is 18.4 Å². The number of benzene rings is 2. The molecule has 0 radical (unpaired) electrons. The first-order valence-electron chi connectivity index (χ1n) is 7.73. The highest BCUT2D eigenvalue weighted by Gasteiger charge is 2.38. The monoisotopic (exact) mass is 391 g/mol. The Kier molecular flexibility index (Phi) is 4.78. The van der Waals surface area contributed by atoms with E-state index in [1.807, 2.05) is 30.3 Å². The minimum atomic E-state index is -0.706. The smallest absolute Gasteiger partial charge is 0.339 e. The number of piperidine rings is 1. The van der Waals surface area contributed by atoms with Gasteiger partial charge in [-0.3, -0.25) is 0 Å². The number of esters is 1. The van der Waals surface area contributed by atoms with Crippen LogP contribution >= 0.6 is 15.9 Å². The van der Waals surface area contributed by atoms with Crippen LogP contribution in [0.15, 0.2) is 46.9 Å². The molecule has 0 spiro atoms. The van der Waals surface area contributed by atoms with Crippen LogP contribution in [0.3, 0.4) is 0 Å². The van der Waals surface area contributed by atoms with E-state index in [9.17, 15) is 15.0 Å². The normalized spacial score (nSPS) is 16.5. The highest BCUT2D eigenvalue weighted by atomic mass is 79.9. The summed E-state index contributed by atoms with van der Waals surface area (Å²) in [6.07, 6.45) is 1.33. The van der Waals surface area contributed by atoms with Gasteiger partial charge in [0, 0.05) is 12.8 Å². The predicted molar refractivity (Wildman–Crippen MR) is 93.1 cm³/mol. The average Bonchev–Trinajstić information content (AvgIpc) is 2.60. The van der Waals surface area contributed by atoms with Crippen molar-refractivity contribution in [2.75, 3.05) is 13.1 Å². The predicted octanol–water partition coefficient (Wildman–Crippen LogP) is 3.30. The minimum absolute atomic E-state index is 0.113. The maximum Gasteiger partial charge on any atom is 0.339 e. The SMILES string of the molecule is O=C(OC1(c2ccccc2)CCNCC1)c1cc(O)c(Br)c(O)c1. The van der Waals surface area contributed by atoms with E-state index < -0.39 is 11.6 Å². The number of phenolic OH excluding ortho intramolecular Hbond substituents is 2. The molecule has 5 nitrogen and oxygen atoms in total. The lowest BCUT2D eigenvalue weighted by Gasteiger charge is -2.37. The van der Waals surface area contributed by atoms with Crippen LogP contribution in [-0.2, 0) is 10.3 Å². The number of ether oxygens (including phenoxy) is 1.